The molecule has 0 fully saturated rings. The molecule has 0 aliphatic carbocycles. The molecule has 0 saturated carbocycles. The van der Waals surface area contributed by atoms with Crippen LogP contribution in [0.5, 0.6) is 0 Å². The van der Waals surface area contributed by atoms with Crippen LogP contribution < -0.4 is 9.62 Å². The van der Waals surface area contributed by atoms with Crippen molar-refractivity contribution in [2.75, 3.05) is 23.7 Å². The zero-order valence-electron chi connectivity index (χ0n) is 23.6. The normalized spacial score (nSPS) is 12.0. The number of hydrogen-bond acceptors (Lipinski definition) is 4. The van der Waals surface area contributed by atoms with Crippen LogP contribution in [0.4, 0.5) is 5.69 Å². The van der Waals surface area contributed by atoms with Crippen LogP contribution in [0.3, 0.4) is 0 Å². The third-order valence-corrected chi connectivity index (χ3v) is 8.31. The third-order valence-electron chi connectivity index (χ3n) is 6.72. The first-order valence-corrected chi connectivity index (χ1v) is 15.6. The molecule has 3 rings (SSSR count). The van der Waals surface area contributed by atoms with Crippen molar-refractivity contribution in [1.29, 1.82) is 0 Å². The number of rotatable bonds is 13. The molecular formula is C31H38ClN3O4S. The quantitative estimate of drug-likeness (QED) is 0.297. The maximum atomic E-state index is 13.8. The van der Waals surface area contributed by atoms with Gasteiger partial charge in [0.05, 0.1) is 11.9 Å². The number of likely N-dealkylation sites (N-methyl/N-ethyl adjacent to an activating group) is 1. The number of anilines is 1. The molecule has 2 amide bonds. The first-order chi connectivity index (χ1) is 19.0. The predicted octanol–water partition coefficient (Wildman–Crippen LogP) is 5.28. The van der Waals surface area contributed by atoms with Gasteiger partial charge in [0, 0.05) is 37.5 Å². The molecule has 0 heterocycles. The van der Waals surface area contributed by atoms with Crippen LogP contribution in [0.1, 0.15) is 42.0 Å². The van der Waals surface area contributed by atoms with Crippen molar-refractivity contribution in [2.45, 2.75) is 52.6 Å². The van der Waals surface area contributed by atoms with Gasteiger partial charge in [-0.2, -0.15) is 0 Å². The summed E-state index contributed by atoms with van der Waals surface area (Å²) in [6, 6.07) is 21.9. The zero-order chi connectivity index (χ0) is 29.3. The SMILES string of the molecule is CCNC(=O)[C@@H](Cc1ccccc1)N(Cc1cccc(C)c1)C(=O)CCCN(c1cccc(Cl)c1C)S(C)(=O)=O. The van der Waals surface area contributed by atoms with Crippen molar-refractivity contribution in [3.05, 3.63) is 100 Å². The molecule has 0 radical (unpaired) electrons. The number of sulfonamides is 1. The Morgan fingerprint density at radius 3 is 2.27 bits per heavy atom. The molecule has 0 aliphatic heterocycles. The number of amides is 2. The molecule has 1 atom stereocenters. The monoisotopic (exact) mass is 583 g/mol. The minimum Gasteiger partial charge on any atom is -0.355 e. The number of carbonyl (C=O) groups excluding carboxylic acids is 2. The minimum atomic E-state index is -3.62. The molecule has 0 saturated heterocycles. The van der Waals surface area contributed by atoms with E-state index in [-0.39, 0.29) is 37.7 Å². The Morgan fingerprint density at radius 1 is 0.950 bits per heavy atom. The van der Waals surface area contributed by atoms with Gasteiger partial charge in [-0.1, -0.05) is 77.8 Å². The fraction of sp³-hybridized carbons (Fsp3) is 0.355. The summed E-state index contributed by atoms with van der Waals surface area (Å²) in [4.78, 5) is 28.8. The summed E-state index contributed by atoms with van der Waals surface area (Å²) in [5, 5.41) is 3.36. The van der Waals surface area contributed by atoms with E-state index in [0.29, 0.717) is 29.2 Å². The van der Waals surface area contributed by atoms with E-state index < -0.39 is 16.1 Å². The van der Waals surface area contributed by atoms with Gasteiger partial charge in [0.1, 0.15) is 6.04 Å². The number of aryl methyl sites for hydroxylation is 1. The van der Waals surface area contributed by atoms with Gasteiger partial charge in [0.2, 0.25) is 21.8 Å². The summed E-state index contributed by atoms with van der Waals surface area (Å²) in [5.41, 5.74) is 4.07. The third kappa shape index (κ3) is 8.57. The second-order valence-corrected chi connectivity index (χ2v) is 12.2. The fourth-order valence-electron chi connectivity index (χ4n) is 4.70. The molecule has 1 N–H and O–H groups in total. The van der Waals surface area contributed by atoms with E-state index in [2.05, 4.69) is 5.32 Å². The lowest BCUT2D eigenvalue weighted by molar-refractivity contribution is -0.141. The molecule has 0 aliphatic rings. The Labute approximate surface area is 243 Å². The highest BCUT2D eigenvalue weighted by Gasteiger charge is 2.30. The molecule has 9 heteroatoms. The Balaban J connectivity index is 1.88. The molecule has 0 bridgehead atoms. The maximum absolute atomic E-state index is 13.8. The van der Waals surface area contributed by atoms with Crippen molar-refractivity contribution >= 4 is 39.1 Å². The summed E-state index contributed by atoms with van der Waals surface area (Å²) in [6.07, 6.45) is 1.85. The topological polar surface area (TPSA) is 86.8 Å². The Bertz CT molecular complexity index is 1410. The standard InChI is InChI=1S/C31H38ClN3O4S/c1-5-33-31(37)29(21-25-13-7-6-8-14-25)34(22-26-15-9-12-23(2)20-26)30(36)18-11-19-35(40(4,38)39)28-17-10-16-27(32)24(28)3/h6-10,12-17,20,29H,5,11,18-19,21-22H2,1-4H3,(H,33,37)/t29-/m1/s1. The molecular weight excluding hydrogens is 546 g/mol. The van der Waals surface area contributed by atoms with E-state index in [1.54, 1.807) is 30.0 Å². The first-order valence-electron chi connectivity index (χ1n) is 13.4. The van der Waals surface area contributed by atoms with Gasteiger partial charge in [-0.05, 0) is 56.0 Å². The van der Waals surface area contributed by atoms with Gasteiger partial charge < -0.3 is 10.2 Å². The van der Waals surface area contributed by atoms with E-state index in [1.165, 1.54) is 4.31 Å². The largest absolute Gasteiger partial charge is 0.355 e. The highest BCUT2D eigenvalue weighted by molar-refractivity contribution is 7.92. The van der Waals surface area contributed by atoms with E-state index in [1.807, 2.05) is 68.4 Å². The number of benzene rings is 3. The molecule has 7 nitrogen and oxygen atoms in total. The Kier molecular flexibility index (Phi) is 11.2. The van der Waals surface area contributed by atoms with E-state index in [4.69, 9.17) is 11.6 Å². The Morgan fingerprint density at radius 2 is 1.62 bits per heavy atom. The van der Waals surface area contributed by atoms with Crippen LogP contribution >= 0.6 is 11.6 Å². The molecule has 3 aromatic rings. The average Bonchev–Trinajstić information content (AvgIpc) is 2.90. The second-order valence-electron chi connectivity index (χ2n) is 9.93. The van der Waals surface area contributed by atoms with Gasteiger partial charge >= 0.3 is 0 Å². The molecule has 0 aromatic heterocycles. The summed E-state index contributed by atoms with van der Waals surface area (Å²) in [6.45, 7) is 6.41. The van der Waals surface area contributed by atoms with Gasteiger partial charge in [-0.25, -0.2) is 8.42 Å². The van der Waals surface area contributed by atoms with Crippen molar-refractivity contribution < 1.29 is 18.0 Å². The number of carbonyl (C=O) groups is 2. The second kappa shape index (κ2) is 14.3. The Hall–Kier alpha value is -3.36. The van der Waals surface area contributed by atoms with Crippen molar-refractivity contribution in [2.24, 2.45) is 0 Å². The molecule has 3 aromatic carbocycles. The lowest BCUT2D eigenvalue weighted by atomic mass is 10.0. The summed E-state index contributed by atoms with van der Waals surface area (Å²) < 4.78 is 26.7. The minimum absolute atomic E-state index is 0.0716. The van der Waals surface area contributed by atoms with E-state index in [9.17, 15) is 18.0 Å². The maximum Gasteiger partial charge on any atom is 0.243 e. The van der Waals surface area contributed by atoms with Crippen LogP contribution in [-0.2, 0) is 32.6 Å². The molecule has 214 valence electrons. The molecule has 40 heavy (non-hydrogen) atoms. The van der Waals surface area contributed by atoms with Crippen molar-refractivity contribution in [3.8, 4) is 0 Å². The van der Waals surface area contributed by atoms with Crippen LogP contribution in [0, 0.1) is 13.8 Å². The van der Waals surface area contributed by atoms with E-state index in [0.717, 1.165) is 22.9 Å². The lowest BCUT2D eigenvalue weighted by Crippen LogP contribution is -2.50. The van der Waals surface area contributed by atoms with Crippen molar-refractivity contribution in [1.82, 2.24) is 10.2 Å². The average molecular weight is 584 g/mol. The van der Waals surface area contributed by atoms with Gasteiger partial charge in [0.15, 0.2) is 0 Å². The lowest BCUT2D eigenvalue weighted by Gasteiger charge is -2.32. The number of hydrogen-bond donors (Lipinski definition) is 1. The summed E-state index contributed by atoms with van der Waals surface area (Å²) in [5.74, 6) is -0.440. The van der Waals surface area contributed by atoms with E-state index >= 15 is 0 Å². The number of halogens is 1. The van der Waals surface area contributed by atoms with Crippen LogP contribution in [0.2, 0.25) is 5.02 Å². The van der Waals surface area contributed by atoms with Gasteiger partial charge in [-0.3, -0.25) is 13.9 Å². The van der Waals surface area contributed by atoms with Gasteiger partial charge in [-0.15, -0.1) is 0 Å². The molecule has 0 unspecified atom stereocenters. The first kappa shape index (κ1) is 31.2. The number of nitrogens with zero attached hydrogens (tertiary/aromatic N) is 2. The number of nitrogens with one attached hydrogen (secondary N) is 1. The predicted molar refractivity (Wildman–Crippen MR) is 162 cm³/mol. The highest BCUT2D eigenvalue weighted by Crippen LogP contribution is 2.28. The molecule has 0 spiro atoms. The summed E-state index contributed by atoms with van der Waals surface area (Å²) in [7, 11) is -3.62. The van der Waals surface area contributed by atoms with Crippen molar-refractivity contribution in [3.63, 3.8) is 0 Å². The summed E-state index contributed by atoms with van der Waals surface area (Å²) >= 11 is 6.26. The van der Waals surface area contributed by atoms with Crippen LogP contribution in [0.15, 0.2) is 72.8 Å². The fourth-order valence-corrected chi connectivity index (χ4v) is 5.89. The van der Waals surface area contributed by atoms with Crippen LogP contribution in [-0.4, -0.2) is 50.5 Å². The zero-order valence-corrected chi connectivity index (χ0v) is 25.1. The van der Waals surface area contributed by atoms with Gasteiger partial charge in [0.25, 0.3) is 0 Å². The smallest absolute Gasteiger partial charge is 0.243 e. The van der Waals surface area contributed by atoms with Crippen LogP contribution in [0.25, 0.3) is 0 Å². The highest BCUT2D eigenvalue weighted by atomic mass is 35.5.